The maximum absolute atomic E-state index is 12.8. The van der Waals surface area contributed by atoms with Crippen LogP contribution in [-0.4, -0.2) is 31.9 Å². The van der Waals surface area contributed by atoms with E-state index in [-0.39, 0.29) is 23.5 Å². The van der Waals surface area contributed by atoms with Crippen LogP contribution >= 0.6 is 0 Å². The number of hydrogen-bond acceptors (Lipinski definition) is 3. The molecule has 2 N–H and O–H groups in total. The van der Waals surface area contributed by atoms with Crippen molar-refractivity contribution in [2.45, 2.75) is 25.1 Å². The molecule has 0 amide bonds. The van der Waals surface area contributed by atoms with E-state index in [9.17, 15) is 12.8 Å². The van der Waals surface area contributed by atoms with Crippen molar-refractivity contribution in [2.75, 3.05) is 13.1 Å². The molecule has 0 radical (unpaired) electrons. The van der Waals surface area contributed by atoms with Crippen LogP contribution in [0.1, 0.15) is 18.9 Å². The zero-order chi connectivity index (χ0) is 14.0. The lowest BCUT2D eigenvalue weighted by Crippen LogP contribution is -2.33. The van der Waals surface area contributed by atoms with Gasteiger partial charge in [-0.25, -0.2) is 17.1 Å². The molecule has 106 valence electrons. The fourth-order valence-corrected chi connectivity index (χ4v) is 3.92. The molecular formula is C13H19FN2O2S. The molecule has 1 aromatic carbocycles. The second-order valence-corrected chi connectivity index (χ2v) is 7.12. The zero-order valence-corrected chi connectivity index (χ0v) is 11.7. The smallest absolute Gasteiger partial charge is 0.218 e. The average molecular weight is 286 g/mol. The summed E-state index contributed by atoms with van der Waals surface area (Å²) in [6, 6.07) is 5.57. The minimum absolute atomic E-state index is 0.00558. The second-order valence-electron chi connectivity index (χ2n) is 5.15. The first kappa shape index (κ1) is 14.4. The van der Waals surface area contributed by atoms with E-state index in [1.165, 1.54) is 28.6 Å². The van der Waals surface area contributed by atoms with Gasteiger partial charge < -0.3 is 5.73 Å². The van der Waals surface area contributed by atoms with Crippen molar-refractivity contribution in [2.24, 2.45) is 11.7 Å². The maximum atomic E-state index is 12.8. The molecule has 1 saturated heterocycles. The third kappa shape index (κ3) is 3.52. The van der Waals surface area contributed by atoms with Gasteiger partial charge >= 0.3 is 0 Å². The molecule has 2 rings (SSSR count). The Morgan fingerprint density at radius 1 is 1.42 bits per heavy atom. The van der Waals surface area contributed by atoms with Crippen LogP contribution in [0.5, 0.6) is 0 Å². The Labute approximate surface area is 113 Å². The van der Waals surface area contributed by atoms with Gasteiger partial charge in [0.25, 0.3) is 0 Å². The highest BCUT2D eigenvalue weighted by molar-refractivity contribution is 7.88. The summed E-state index contributed by atoms with van der Waals surface area (Å²) in [7, 11) is -3.34. The van der Waals surface area contributed by atoms with Gasteiger partial charge in [-0.3, -0.25) is 0 Å². The lowest BCUT2D eigenvalue weighted by atomic mass is 10.0. The summed E-state index contributed by atoms with van der Waals surface area (Å²) in [4.78, 5) is 0. The minimum Gasteiger partial charge on any atom is -0.328 e. The van der Waals surface area contributed by atoms with Crippen LogP contribution in [0.15, 0.2) is 24.3 Å². The summed E-state index contributed by atoms with van der Waals surface area (Å²) < 4.78 is 38.8. The number of nitrogens with two attached hydrogens (primary N) is 1. The predicted octanol–water partition coefficient (Wildman–Crippen LogP) is 1.32. The van der Waals surface area contributed by atoms with Gasteiger partial charge in [0.2, 0.25) is 10.0 Å². The number of rotatable bonds is 4. The summed E-state index contributed by atoms with van der Waals surface area (Å²) in [5.74, 6) is -0.221. The van der Waals surface area contributed by atoms with Crippen molar-refractivity contribution in [3.63, 3.8) is 0 Å². The predicted molar refractivity (Wildman–Crippen MR) is 72.4 cm³/mol. The highest BCUT2D eigenvalue weighted by Crippen LogP contribution is 2.23. The molecule has 19 heavy (non-hydrogen) atoms. The monoisotopic (exact) mass is 286 g/mol. The molecule has 0 aliphatic carbocycles. The summed E-state index contributed by atoms with van der Waals surface area (Å²) in [5.41, 5.74) is 6.41. The Balaban J connectivity index is 2.05. The van der Waals surface area contributed by atoms with Crippen molar-refractivity contribution >= 4 is 10.0 Å². The maximum Gasteiger partial charge on any atom is 0.218 e. The molecule has 1 aliphatic rings. The van der Waals surface area contributed by atoms with Crippen LogP contribution < -0.4 is 5.73 Å². The number of benzene rings is 1. The molecule has 4 nitrogen and oxygen atoms in total. The molecular weight excluding hydrogens is 267 g/mol. The van der Waals surface area contributed by atoms with Crippen molar-refractivity contribution < 1.29 is 12.8 Å². The fraction of sp³-hybridized carbons (Fsp3) is 0.538. The van der Waals surface area contributed by atoms with E-state index in [2.05, 4.69) is 0 Å². The van der Waals surface area contributed by atoms with Gasteiger partial charge in [0.1, 0.15) is 5.82 Å². The van der Waals surface area contributed by atoms with Crippen LogP contribution in [0, 0.1) is 11.7 Å². The Kier molecular flexibility index (Phi) is 4.23. The molecule has 1 aliphatic heterocycles. The largest absolute Gasteiger partial charge is 0.328 e. The average Bonchev–Trinajstić information content (AvgIpc) is 2.82. The SMILES string of the molecule is CC(N)C1CCN(S(=O)(=O)Cc2ccc(F)cc2)C1. The molecule has 1 fully saturated rings. The third-order valence-corrected chi connectivity index (χ3v) is 5.40. The van der Waals surface area contributed by atoms with Crippen LogP contribution in [0.4, 0.5) is 4.39 Å². The molecule has 6 heteroatoms. The van der Waals surface area contributed by atoms with E-state index in [0.717, 1.165) is 6.42 Å². The van der Waals surface area contributed by atoms with Crippen LogP contribution in [-0.2, 0) is 15.8 Å². The molecule has 0 bridgehead atoms. The second kappa shape index (κ2) is 5.56. The topological polar surface area (TPSA) is 63.4 Å². The summed E-state index contributed by atoms with van der Waals surface area (Å²) in [6.07, 6.45) is 0.806. The normalized spacial score (nSPS) is 22.6. The van der Waals surface area contributed by atoms with E-state index in [4.69, 9.17) is 5.73 Å². The number of halogens is 1. The Morgan fingerprint density at radius 2 is 2.05 bits per heavy atom. The zero-order valence-electron chi connectivity index (χ0n) is 10.9. The van der Waals surface area contributed by atoms with Crippen LogP contribution in [0.2, 0.25) is 0 Å². The molecule has 0 saturated carbocycles. The Hall–Kier alpha value is -0.980. The molecule has 1 heterocycles. The summed E-state index contributed by atoms with van der Waals surface area (Å²) in [5, 5.41) is 0. The van der Waals surface area contributed by atoms with E-state index < -0.39 is 10.0 Å². The summed E-state index contributed by atoms with van der Waals surface area (Å²) >= 11 is 0. The number of nitrogens with zero attached hydrogens (tertiary/aromatic N) is 1. The van der Waals surface area contributed by atoms with E-state index in [1.54, 1.807) is 0 Å². The van der Waals surface area contributed by atoms with Crippen molar-refractivity contribution in [1.82, 2.24) is 4.31 Å². The summed E-state index contributed by atoms with van der Waals surface area (Å²) in [6.45, 7) is 2.91. The number of sulfonamides is 1. The molecule has 0 spiro atoms. The Bertz CT molecular complexity index is 528. The van der Waals surface area contributed by atoms with Crippen LogP contribution in [0.25, 0.3) is 0 Å². The molecule has 1 aromatic rings. The fourth-order valence-electron chi connectivity index (χ4n) is 2.32. The van der Waals surface area contributed by atoms with Gasteiger partial charge in [0.15, 0.2) is 0 Å². The molecule has 0 aromatic heterocycles. The minimum atomic E-state index is -3.34. The Morgan fingerprint density at radius 3 is 2.58 bits per heavy atom. The van der Waals surface area contributed by atoms with Gasteiger partial charge in [-0.2, -0.15) is 0 Å². The van der Waals surface area contributed by atoms with E-state index >= 15 is 0 Å². The van der Waals surface area contributed by atoms with E-state index in [1.807, 2.05) is 6.92 Å². The first-order valence-corrected chi connectivity index (χ1v) is 7.97. The molecule has 2 unspecified atom stereocenters. The van der Waals surface area contributed by atoms with E-state index in [0.29, 0.717) is 18.7 Å². The molecule has 2 atom stereocenters. The van der Waals surface area contributed by atoms with Crippen LogP contribution in [0.3, 0.4) is 0 Å². The van der Waals surface area contributed by atoms with Crippen molar-refractivity contribution in [3.8, 4) is 0 Å². The number of hydrogen-bond donors (Lipinski definition) is 1. The first-order chi connectivity index (χ1) is 8.88. The lowest BCUT2D eigenvalue weighted by molar-refractivity contribution is 0.428. The standard InChI is InChI=1S/C13H19FN2O2S/c1-10(15)12-6-7-16(8-12)19(17,18)9-11-2-4-13(14)5-3-11/h2-5,10,12H,6-9,15H2,1H3. The third-order valence-electron chi connectivity index (χ3n) is 3.59. The lowest BCUT2D eigenvalue weighted by Gasteiger charge is -2.18. The quantitative estimate of drug-likeness (QED) is 0.908. The van der Waals surface area contributed by atoms with Gasteiger partial charge in [-0.1, -0.05) is 12.1 Å². The highest BCUT2D eigenvalue weighted by Gasteiger charge is 2.32. The van der Waals surface area contributed by atoms with Gasteiger partial charge in [-0.05, 0) is 37.0 Å². The van der Waals surface area contributed by atoms with Gasteiger partial charge in [0.05, 0.1) is 5.75 Å². The highest BCUT2D eigenvalue weighted by atomic mass is 32.2. The van der Waals surface area contributed by atoms with Gasteiger partial charge in [0, 0.05) is 19.1 Å². The van der Waals surface area contributed by atoms with Crippen molar-refractivity contribution in [1.29, 1.82) is 0 Å². The van der Waals surface area contributed by atoms with Crippen molar-refractivity contribution in [3.05, 3.63) is 35.6 Å². The first-order valence-electron chi connectivity index (χ1n) is 6.36. The van der Waals surface area contributed by atoms with Gasteiger partial charge in [-0.15, -0.1) is 0 Å².